The van der Waals surface area contributed by atoms with Crippen LogP contribution in [0.25, 0.3) is 0 Å². The molecule has 0 aromatic heterocycles. The average molecular weight is 337 g/mol. The standard InChI is InChI=1S/C21H24N2S/c1-16-8-7-9-17(14-16)15-24-20-18-10-3-4-11-19(18)22-21(23-20)12-5-2-6-13-21/h3-4,7-11,14,22H,2,5-6,12-13,15H2,1H3. The van der Waals surface area contributed by atoms with E-state index in [1.807, 2.05) is 11.8 Å². The number of nitrogens with zero attached hydrogens (tertiary/aromatic N) is 1. The Kier molecular flexibility index (Phi) is 4.36. The molecule has 0 bridgehead atoms. The molecule has 0 radical (unpaired) electrons. The summed E-state index contributed by atoms with van der Waals surface area (Å²) in [5, 5.41) is 4.95. The van der Waals surface area contributed by atoms with Crippen molar-refractivity contribution in [3.05, 3.63) is 65.2 Å². The van der Waals surface area contributed by atoms with Crippen LogP contribution in [0, 0.1) is 6.92 Å². The van der Waals surface area contributed by atoms with Gasteiger partial charge in [0.05, 0.1) is 0 Å². The van der Waals surface area contributed by atoms with Gasteiger partial charge in [-0.05, 0) is 44.2 Å². The molecule has 2 aliphatic rings. The molecule has 2 aromatic carbocycles. The molecule has 124 valence electrons. The summed E-state index contributed by atoms with van der Waals surface area (Å²) in [6.45, 7) is 2.16. The number of benzene rings is 2. The third-order valence-electron chi connectivity index (χ3n) is 4.98. The number of para-hydroxylation sites is 1. The van der Waals surface area contributed by atoms with E-state index >= 15 is 0 Å². The Morgan fingerprint density at radius 2 is 1.88 bits per heavy atom. The molecule has 1 aliphatic heterocycles. The van der Waals surface area contributed by atoms with Crippen LogP contribution in [-0.2, 0) is 5.75 Å². The zero-order valence-corrected chi connectivity index (χ0v) is 15.0. The SMILES string of the molecule is Cc1cccc(CSC2=NC3(CCCCC3)Nc3ccccc32)c1. The normalized spacial score (nSPS) is 18.6. The molecule has 1 saturated carbocycles. The quantitative estimate of drug-likeness (QED) is 0.754. The van der Waals surface area contributed by atoms with E-state index in [0.717, 1.165) is 18.6 Å². The number of aliphatic imine (C=N–C) groups is 1. The molecule has 0 saturated heterocycles. The first-order valence-corrected chi connectivity index (χ1v) is 9.88. The lowest BCUT2D eigenvalue weighted by Gasteiger charge is -2.39. The molecule has 2 nitrogen and oxygen atoms in total. The maximum atomic E-state index is 5.22. The predicted octanol–water partition coefficient (Wildman–Crippen LogP) is 5.76. The molecule has 0 unspecified atom stereocenters. The lowest BCUT2D eigenvalue weighted by molar-refractivity contribution is 0.335. The molecule has 1 fully saturated rings. The Labute approximate surface area is 148 Å². The second-order valence-electron chi connectivity index (χ2n) is 6.96. The molecule has 2 aromatic rings. The van der Waals surface area contributed by atoms with Gasteiger partial charge in [-0.25, -0.2) is 4.99 Å². The minimum Gasteiger partial charge on any atom is -0.361 e. The lowest BCUT2D eigenvalue weighted by Crippen LogP contribution is -2.42. The van der Waals surface area contributed by atoms with Gasteiger partial charge in [-0.2, -0.15) is 0 Å². The van der Waals surface area contributed by atoms with Crippen molar-refractivity contribution in [2.75, 3.05) is 5.32 Å². The van der Waals surface area contributed by atoms with E-state index in [1.165, 1.54) is 46.7 Å². The van der Waals surface area contributed by atoms with E-state index < -0.39 is 0 Å². The molecule has 1 aliphatic carbocycles. The van der Waals surface area contributed by atoms with Crippen LogP contribution in [0.15, 0.2) is 53.5 Å². The molecule has 24 heavy (non-hydrogen) atoms. The summed E-state index contributed by atoms with van der Waals surface area (Å²) < 4.78 is 0. The number of fused-ring (bicyclic) bond motifs is 1. The average Bonchev–Trinajstić information content (AvgIpc) is 2.60. The van der Waals surface area contributed by atoms with Crippen molar-refractivity contribution < 1.29 is 0 Å². The number of hydrogen-bond acceptors (Lipinski definition) is 3. The van der Waals surface area contributed by atoms with E-state index in [1.54, 1.807) is 0 Å². The van der Waals surface area contributed by atoms with Crippen LogP contribution in [-0.4, -0.2) is 10.7 Å². The minimum atomic E-state index is -0.0679. The molecule has 1 spiro atoms. The zero-order chi connectivity index (χ0) is 16.4. The van der Waals surface area contributed by atoms with Gasteiger partial charge in [-0.15, -0.1) is 11.8 Å². The van der Waals surface area contributed by atoms with Crippen molar-refractivity contribution in [1.29, 1.82) is 0 Å². The molecule has 4 rings (SSSR count). The fraction of sp³-hybridized carbons (Fsp3) is 0.381. The molecule has 0 amide bonds. The fourth-order valence-electron chi connectivity index (χ4n) is 3.75. The highest BCUT2D eigenvalue weighted by atomic mass is 32.2. The van der Waals surface area contributed by atoms with Gasteiger partial charge in [0.1, 0.15) is 10.7 Å². The van der Waals surface area contributed by atoms with Crippen LogP contribution in [0.1, 0.15) is 48.8 Å². The van der Waals surface area contributed by atoms with Crippen LogP contribution in [0.3, 0.4) is 0 Å². The van der Waals surface area contributed by atoms with Crippen LogP contribution in [0.4, 0.5) is 5.69 Å². The molecule has 1 N–H and O–H groups in total. The van der Waals surface area contributed by atoms with E-state index in [9.17, 15) is 0 Å². The van der Waals surface area contributed by atoms with Crippen molar-refractivity contribution in [2.24, 2.45) is 4.99 Å². The number of nitrogens with one attached hydrogen (secondary N) is 1. The van der Waals surface area contributed by atoms with Crippen molar-refractivity contribution in [1.82, 2.24) is 0 Å². The number of hydrogen-bond donors (Lipinski definition) is 1. The summed E-state index contributed by atoms with van der Waals surface area (Å²) in [5.41, 5.74) is 5.13. The van der Waals surface area contributed by atoms with E-state index in [4.69, 9.17) is 4.99 Å². The Morgan fingerprint density at radius 3 is 2.71 bits per heavy atom. The number of anilines is 1. The maximum Gasteiger partial charge on any atom is 0.130 e. The number of aryl methyl sites for hydroxylation is 1. The summed E-state index contributed by atoms with van der Waals surface area (Å²) in [5.74, 6) is 0.977. The third kappa shape index (κ3) is 3.23. The van der Waals surface area contributed by atoms with Crippen molar-refractivity contribution >= 4 is 22.5 Å². The Morgan fingerprint density at radius 1 is 1.04 bits per heavy atom. The number of rotatable bonds is 2. The van der Waals surface area contributed by atoms with Gasteiger partial charge in [0.15, 0.2) is 0 Å². The Bertz CT molecular complexity index is 760. The van der Waals surface area contributed by atoms with Crippen LogP contribution >= 0.6 is 11.8 Å². The monoisotopic (exact) mass is 336 g/mol. The zero-order valence-electron chi connectivity index (χ0n) is 14.2. The highest BCUT2D eigenvalue weighted by Crippen LogP contribution is 2.40. The van der Waals surface area contributed by atoms with Gasteiger partial charge >= 0.3 is 0 Å². The van der Waals surface area contributed by atoms with Crippen molar-refractivity contribution in [2.45, 2.75) is 50.4 Å². The topological polar surface area (TPSA) is 24.4 Å². The van der Waals surface area contributed by atoms with E-state index in [2.05, 4.69) is 60.8 Å². The maximum absolute atomic E-state index is 5.22. The minimum absolute atomic E-state index is 0.0679. The summed E-state index contributed by atoms with van der Waals surface area (Å²) in [4.78, 5) is 5.22. The molecular weight excluding hydrogens is 312 g/mol. The summed E-state index contributed by atoms with van der Waals surface area (Å²) >= 11 is 1.88. The highest BCUT2D eigenvalue weighted by Gasteiger charge is 2.35. The van der Waals surface area contributed by atoms with E-state index in [0.29, 0.717) is 0 Å². The van der Waals surface area contributed by atoms with Gasteiger partial charge in [0, 0.05) is 17.0 Å². The van der Waals surface area contributed by atoms with Gasteiger partial charge in [0.2, 0.25) is 0 Å². The van der Waals surface area contributed by atoms with Crippen molar-refractivity contribution in [3.63, 3.8) is 0 Å². The van der Waals surface area contributed by atoms with Crippen molar-refractivity contribution in [3.8, 4) is 0 Å². The first-order chi connectivity index (χ1) is 11.7. The molecule has 3 heteroatoms. The Balaban J connectivity index is 1.62. The largest absolute Gasteiger partial charge is 0.361 e. The van der Waals surface area contributed by atoms with Gasteiger partial charge < -0.3 is 5.32 Å². The second kappa shape index (κ2) is 6.64. The molecule has 1 heterocycles. The summed E-state index contributed by atoms with van der Waals surface area (Å²) in [6, 6.07) is 17.4. The smallest absolute Gasteiger partial charge is 0.130 e. The van der Waals surface area contributed by atoms with Crippen LogP contribution in [0.5, 0.6) is 0 Å². The second-order valence-corrected chi connectivity index (χ2v) is 7.92. The fourth-order valence-corrected chi connectivity index (χ4v) is 4.80. The van der Waals surface area contributed by atoms with Gasteiger partial charge in [0.25, 0.3) is 0 Å². The number of thioether (sulfide) groups is 1. The van der Waals surface area contributed by atoms with Crippen LogP contribution in [0.2, 0.25) is 0 Å². The third-order valence-corrected chi connectivity index (χ3v) is 6.04. The predicted molar refractivity (Wildman–Crippen MR) is 105 cm³/mol. The molecular formula is C21H24N2S. The van der Waals surface area contributed by atoms with Gasteiger partial charge in [-0.1, -0.05) is 54.4 Å². The lowest BCUT2D eigenvalue weighted by atomic mass is 9.88. The van der Waals surface area contributed by atoms with E-state index in [-0.39, 0.29) is 5.66 Å². The molecule has 0 atom stereocenters. The van der Waals surface area contributed by atoms with Gasteiger partial charge in [-0.3, -0.25) is 0 Å². The highest BCUT2D eigenvalue weighted by molar-refractivity contribution is 8.13. The Hall–Kier alpha value is -1.74. The van der Waals surface area contributed by atoms with Crippen LogP contribution < -0.4 is 5.32 Å². The summed E-state index contributed by atoms with van der Waals surface area (Å²) in [6.07, 6.45) is 6.18. The summed E-state index contributed by atoms with van der Waals surface area (Å²) in [7, 11) is 0. The first-order valence-electron chi connectivity index (χ1n) is 8.90. The first kappa shape index (κ1) is 15.8.